The molecular weight excluding hydrogens is 276 g/mol. The lowest BCUT2D eigenvalue weighted by Crippen LogP contribution is -2.23. The van der Waals surface area contributed by atoms with Gasteiger partial charge in [-0.2, -0.15) is 8.78 Å². The third-order valence-electron chi connectivity index (χ3n) is 3.13. The molecule has 0 amide bonds. The molecule has 3 N–H and O–H groups in total. The van der Waals surface area contributed by atoms with Gasteiger partial charge in [0, 0.05) is 18.1 Å². The van der Waals surface area contributed by atoms with E-state index in [-0.39, 0.29) is 18.3 Å². The van der Waals surface area contributed by atoms with E-state index in [0.717, 1.165) is 15.8 Å². The summed E-state index contributed by atoms with van der Waals surface area (Å²) in [5.41, 5.74) is 8.86. The van der Waals surface area contributed by atoms with Gasteiger partial charge in [-0.1, -0.05) is 6.07 Å². The van der Waals surface area contributed by atoms with Crippen LogP contribution < -0.4 is 11.1 Å². The Balaban J connectivity index is 2.04. The maximum atomic E-state index is 12.6. The van der Waals surface area contributed by atoms with Crippen LogP contribution in [-0.4, -0.2) is 15.5 Å². The normalized spacial score (nSPS) is 12.0. The number of nitrogens with zero attached hydrogens (tertiary/aromatic N) is 3. The van der Waals surface area contributed by atoms with Crippen molar-refractivity contribution in [3.63, 3.8) is 0 Å². The molecule has 0 fully saturated rings. The van der Waals surface area contributed by atoms with E-state index in [1.165, 1.54) is 18.0 Å². The second kappa shape index (κ2) is 6.34. The zero-order valence-electron chi connectivity index (χ0n) is 11.8. The molecule has 2 aromatic rings. The van der Waals surface area contributed by atoms with Gasteiger partial charge in [0.25, 0.3) is 0 Å². The monoisotopic (exact) mass is 293 g/mol. The van der Waals surface area contributed by atoms with Gasteiger partial charge in [0.2, 0.25) is 0 Å². The summed E-state index contributed by atoms with van der Waals surface area (Å²) in [6, 6.07) is 5.79. The highest BCUT2D eigenvalue weighted by atomic mass is 19.3. The van der Waals surface area contributed by atoms with Crippen LogP contribution >= 0.6 is 0 Å². The van der Waals surface area contributed by atoms with Gasteiger partial charge in [0.15, 0.2) is 5.96 Å². The van der Waals surface area contributed by atoms with Crippen LogP contribution in [0.2, 0.25) is 0 Å². The molecule has 0 saturated heterocycles. The summed E-state index contributed by atoms with van der Waals surface area (Å²) in [6.45, 7) is 1.36. The van der Waals surface area contributed by atoms with E-state index >= 15 is 0 Å². The minimum atomic E-state index is -2.63. The number of aliphatic imine (C=N–C) groups is 1. The minimum absolute atomic E-state index is 0.0129. The zero-order valence-corrected chi connectivity index (χ0v) is 11.8. The number of aryl methyl sites for hydroxylation is 2. The zero-order chi connectivity index (χ0) is 15.4. The van der Waals surface area contributed by atoms with Gasteiger partial charge in [0.05, 0.1) is 0 Å². The van der Waals surface area contributed by atoms with Crippen molar-refractivity contribution in [2.24, 2.45) is 10.7 Å². The van der Waals surface area contributed by atoms with Crippen molar-refractivity contribution < 1.29 is 8.78 Å². The number of anilines is 1. The number of rotatable bonds is 4. The van der Waals surface area contributed by atoms with Gasteiger partial charge in [0.1, 0.15) is 12.4 Å². The number of aromatic nitrogens is 2. The summed E-state index contributed by atoms with van der Waals surface area (Å²) in [7, 11) is 0. The fourth-order valence-electron chi connectivity index (χ4n) is 1.81. The van der Waals surface area contributed by atoms with E-state index in [0.29, 0.717) is 0 Å². The number of guanidine groups is 1. The molecule has 1 heterocycles. The van der Waals surface area contributed by atoms with E-state index in [2.05, 4.69) is 15.3 Å². The third kappa shape index (κ3) is 3.77. The summed E-state index contributed by atoms with van der Waals surface area (Å²) >= 11 is 0. The highest BCUT2D eigenvalue weighted by Crippen LogP contribution is 2.15. The Morgan fingerprint density at radius 1 is 1.38 bits per heavy atom. The molecule has 0 bridgehead atoms. The molecule has 21 heavy (non-hydrogen) atoms. The van der Waals surface area contributed by atoms with Crippen LogP contribution in [0.3, 0.4) is 0 Å². The first-order valence-electron chi connectivity index (χ1n) is 6.41. The standard InChI is InChI=1S/C14H17F2N5/c1-9-3-4-11(7-10(9)2)20-14(17)19-8-12-18-5-6-21(12)13(15)16/h3-7,13H,8H2,1-2H3,(H3,17,19,20). The average Bonchev–Trinajstić information content (AvgIpc) is 2.89. The first-order chi connectivity index (χ1) is 9.97. The lowest BCUT2D eigenvalue weighted by Gasteiger charge is -2.08. The van der Waals surface area contributed by atoms with E-state index in [9.17, 15) is 8.78 Å². The third-order valence-corrected chi connectivity index (χ3v) is 3.13. The maximum Gasteiger partial charge on any atom is 0.319 e. The number of nitrogens with two attached hydrogens (primary N) is 1. The number of hydrogen-bond donors (Lipinski definition) is 2. The number of benzene rings is 1. The van der Waals surface area contributed by atoms with Crippen LogP contribution in [0.15, 0.2) is 35.6 Å². The van der Waals surface area contributed by atoms with E-state index in [1.807, 2.05) is 32.0 Å². The van der Waals surface area contributed by atoms with Gasteiger partial charge in [-0.3, -0.25) is 4.57 Å². The molecule has 1 aromatic heterocycles. The Hall–Kier alpha value is -2.44. The molecule has 5 nitrogen and oxygen atoms in total. The summed E-state index contributed by atoms with van der Waals surface area (Å²) in [6.07, 6.45) is 2.52. The average molecular weight is 293 g/mol. The Morgan fingerprint density at radius 2 is 2.14 bits per heavy atom. The van der Waals surface area contributed by atoms with Crippen molar-refractivity contribution in [1.82, 2.24) is 9.55 Å². The topological polar surface area (TPSA) is 68.2 Å². The molecule has 0 aliphatic carbocycles. The van der Waals surface area contributed by atoms with Crippen molar-refractivity contribution in [2.45, 2.75) is 26.9 Å². The van der Waals surface area contributed by atoms with Crippen molar-refractivity contribution in [1.29, 1.82) is 0 Å². The molecule has 0 spiro atoms. The van der Waals surface area contributed by atoms with Crippen LogP contribution in [0, 0.1) is 13.8 Å². The van der Waals surface area contributed by atoms with Gasteiger partial charge in [-0.05, 0) is 37.1 Å². The number of alkyl halides is 2. The van der Waals surface area contributed by atoms with Gasteiger partial charge in [-0.15, -0.1) is 0 Å². The molecule has 2 rings (SSSR count). The van der Waals surface area contributed by atoms with Crippen LogP contribution in [0.4, 0.5) is 14.5 Å². The van der Waals surface area contributed by atoms with Crippen molar-refractivity contribution in [3.8, 4) is 0 Å². The molecule has 0 aliphatic rings. The molecule has 0 unspecified atom stereocenters. The lowest BCUT2D eigenvalue weighted by atomic mass is 10.1. The van der Waals surface area contributed by atoms with Crippen molar-refractivity contribution in [3.05, 3.63) is 47.5 Å². The highest BCUT2D eigenvalue weighted by Gasteiger charge is 2.10. The van der Waals surface area contributed by atoms with Crippen molar-refractivity contribution >= 4 is 11.6 Å². The Morgan fingerprint density at radius 3 is 2.81 bits per heavy atom. The minimum Gasteiger partial charge on any atom is -0.370 e. The molecule has 0 aliphatic heterocycles. The predicted octanol–water partition coefficient (Wildman–Crippen LogP) is 2.82. The second-order valence-corrected chi connectivity index (χ2v) is 4.65. The molecule has 7 heteroatoms. The van der Waals surface area contributed by atoms with Crippen LogP contribution in [0.25, 0.3) is 0 Å². The van der Waals surface area contributed by atoms with E-state index in [1.54, 1.807) is 0 Å². The molecule has 0 saturated carbocycles. The molecule has 0 radical (unpaired) electrons. The first kappa shape index (κ1) is 15.0. The van der Waals surface area contributed by atoms with E-state index in [4.69, 9.17) is 5.73 Å². The highest BCUT2D eigenvalue weighted by molar-refractivity contribution is 5.92. The smallest absolute Gasteiger partial charge is 0.319 e. The van der Waals surface area contributed by atoms with Gasteiger partial charge < -0.3 is 11.1 Å². The fourth-order valence-corrected chi connectivity index (χ4v) is 1.81. The quantitative estimate of drug-likeness (QED) is 0.673. The SMILES string of the molecule is Cc1ccc(NC(N)=NCc2nccn2C(F)F)cc1C. The number of halogens is 2. The van der Waals surface area contributed by atoms with Crippen LogP contribution in [0.1, 0.15) is 23.5 Å². The second-order valence-electron chi connectivity index (χ2n) is 4.65. The maximum absolute atomic E-state index is 12.6. The molecular formula is C14H17F2N5. The summed E-state index contributed by atoms with van der Waals surface area (Å²) in [4.78, 5) is 7.86. The van der Waals surface area contributed by atoms with Crippen molar-refractivity contribution in [2.75, 3.05) is 5.32 Å². The first-order valence-corrected chi connectivity index (χ1v) is 6.41. The van der Waals surface area contributed by atoms with Gasteiger partial charge >= 0.3 is 6.55 Å². The van der Waals surface area contributed by atoms with E-state index < -0.39 is 6.55 Å². The summed E-state index contributed by atoms with van der Waals surface area (Å²) in [5, 5.41) is 2.92. The Kier molecular flexibility index (Phi) is 4.52. The van der Waals surface area contributed by atoms with Crippen LogP contribution in [0.5, 0.6) is 0 Å². The van der Waals surface area contributed by atoms with Gasteiger partial charge in [-0.25, -0.2) is 9.98 Å². The number of imidazole rings is 1. The summed E-state index contributed by atoms with van der Waals surface area (Å²) < 4.78 is 26.0. The van der Waals surface area contributed by atoms with Crippen LogP contribution in [-0.2, 0) is 6.54 Å². The number of hydrogen-bond acceptors (Lipinski definition) is 2. The Bertz CT molecular complexity index is 649. The lowest BCUT2D eigenvalue weighted by molar-refractivity contribution is 0.0671. The Labute approximate surface area is 121 Å². The predicted molar refractivity (Wildman–Crippen MR) is 78.3 cm³/mol. The largest absolute Gasteiger partial charge is 0.370 e. The number of nitrogens with one attached hydrogen (secondary N) is 1. The summed E-state index contributed by atoms with van der Waals surface area (Å²) in [5.74, 6) is 0.317. The fraction of sp³-hybridized carbons (Fsp3) is 0.286. The molecule has 112 valence electrons. The molecule has 1 aromatic carbocycles. The molecule has 0 atom stereocenters.